The van der Waals surface area contributed by atoms with Crippen molar-refractivity contribution in [3.63, 3.8) is 0 Å². The molecule has 0 heterocycles. The van der Waals surface area contributed by atoms with Crippen LogP contribution < -0.4 is 16.0 Å². The van der Waals surface area contributed by atoms with E-state index in [1.54, 1.807) is 31.4 Å². The third-order valence-electron chi connectivity index (χ3n) is 1.46. The number of amides is 1. The molecule has 1 amide bonds. The molecule has 0 aliphatic rings. The number of hydrazine groups is 1. The van der Waals surface area contributed by atoms with E-state index >= 15 is 0 Å². The molecule has 0 radical (unpaired) electrons. The molecule has 0 unspecified atom stereocenters. The standard InChI is InChI=1S/C8H10N2O2/c1-12-7-4-2-3-6(5-7)8(11)10-9/h2-5H,9H2,1H3,(H,10,11)/i8-1. The number of rotatable bonds is 2. The summed E-state index contributed by atoms with van der Waals surface area (Å²) >= 11 is 0. The van der Waals surface area contributed by atoms with E-state index in [4.69, 9.17) is 10.6 Å². The number of nitrogens with two attached hydrogens (primary N) is 1. The number of hydrogen-bond donors (Lipinski definition) is 2. The minimum Gasteiger partial charge on any atom is -0.497 e. The second kappa shape index (κ2) is 3.73. The lowest BCUT2D eigenvalue weighted by Gasteiger charge is -2.01. The van der Waals surface area contributed by atoms with Gasteiger partial charge in [-0.05, 0) is 18.2 Å². The Bertz CT molecular complexity index is 286. The van der Waals surface area contributed by atoms with Gasteiger partial charge >= 0.3 is 0 Å². The summed E-state index contributed by atoms with van der Waals surface area (Å²) in [5.74, 6) is 5.27. The van der Waals surface area contributed by atoms with Crippen molar-refractivity contribution in [2.24, 2.45) is 5.84 Å². The zero-order valence-electron chi connectivity index (χ0n) is 6.70. The Balaban J connectivity index is 2.93. The van der Waals surface area contributed by atoms with E-state index in [1.165, 1.54) is 0 Å². The molecule has 3 N–H and O–H groups in total. The fourth-order valence-corrected chi connectivity index (χ4v) is 0.848. The van der Waals surface area contributed by atoms with Crippen LogP contribution in [0.5, 0.6) is 5.75 Å². The van der Waals surface area contributed by atoms with Crippen molar-refractivity contribution in [3.05, 3.63) is 29.8 Å². The van der Waals surface area contributed by atoms with Crippen LogP contribution in [0.1, 0.15) is 10.4 Å². The summed E-state index contributed by atoms with van der Waals surface area (Å²) in [6.45, 7) is 0. The molecular formula is C8H10N2O2. The zero-order chi connectivity index (χ0) is 8.97. The number of hydrogen-bond acceptors (Lipinski definition) is 3. The van der Waals surface area contributed by atoms with E-state index in [1.807, 2.05) is 5.43 Å². The average Bonchev–Trinajstić information content (AvgIpc) is 2.17. The largest absolute Gasteiger partial charge is 0.497 e. The summed E-state index contributed by atoms with van der Waals surface area (Å²) in [4.78, 5) is 11.0. The second-order valence-corrected chi connectivity index (χ2v) is 2.21. The Morgan fingerprint density at radius 2 is 2.33 bits per heavy atom. The molecule has 0 atom stereocenters. The molecule has 0 spiro atoms. The van der Waals surface area contributed by atoms with Gasteiger partial charge in [-0.15, -0.1) is 0 Å². The molecule has 4 nitrogen and oxygen atoms in total. The first-order chi connectivity index (χ1) is 5.77. The van der Waals surface area contributed by atoms with Gasteiger partial charge in [0.1, 0.15) is 5.75 Å². The molecule has 1 aromatic carbocycles. The number of carbonyl (C=O) groups excluding carboxylic acids is 1. The molecular weight excluding hydrogens is 155 g/mol. The van der Waals surface area contributed by atoms with Crippen molar-refractivity contribution in [1.29, 1.82) is 0 Å². The van der Waals surface area contributed by atoms with E-state index in [0.717, 1.165) is 0 Å². The van der Waals surface area contributed by atoms with Crippen molar-refractivity contribution in [1.82, 2.24) is 5.43 Å². The van der Waals surface area contributed by atoms with Crippen LogP contribution >= 0.6 is 0 Å². The van der Waals surface area contributed by atoms with Crippen LogP contribution in [0.3, 0.4) is 0 Å². The maximum Gasteiger partial charge on any atom is 0.265 e. The van der Waals surface area contributed by atoms with E-state index in [0.29, 0.717) is 11.3 Å². The van der Waals surface area contributed by atoms with Crippen LogP contribution in [0.25, 0.3) is 0 Å². The molecule has 0 saturated carbocycles. The topological polar surface area (TPSA) is 64.3 Å². The number of ether oxygens (including phenoxy) is 1. The molecule has 0 aliphatic heterocycles. The Morgan fingerprint density at radius 1 is 1.58 bits per heavy atom. The summed E-state index contributed by atoms with van der Waals surface area (Å²) < 4.78 is 4.93. The summed E-state index contributed by atoms with van der Waals surface area (Å²) in [6, 6.07) is 6.75. The van der Waals surface area contributed by atoms with Crippen LogP contribution in [0.15, 0.2) is 24.3 Å². The highest BCUT2D eigenvalue weighted by Crippen LogP contribution is 2.11. The first kappa shape index (κ1) is 8.55. The fraction of sp³-hybridized carbons (Fsp3) is 0.125. The van der Waals surface area contributed by atoms with Gasteiger partial charge in [-0.25, -0.2) is 5.84 Å². The predicted molar refractivity (Wildman–Crippen MR) is 44.6 cm³/mol. The van der Waals surface area contributed by atoms with Crippen LogP contribution in [0, 0.1) is 0 Å². The maximum absolute atomic E-state index is 11.0. The van der Waals surface area contributed by atoms with Gasteiger partial charge in [0, 0.05) is 5.56 Å². The highest BCUT2D eigenvalue weighted by molar-refractivity contribution is 5.94. The van der Waals surface area contributed by atoms with Gasteiger partial charge in [-0.2, -0.15) is 0 Å². The van der Waals surface area contributed by atoms with E-state index in [9.17, 15) is 4.79 Å². The third kappa shape index (κ3) is 1.73. The number of nitrogen functional groups attached to an aromatic ring is 1. The Morgan fingerprint density at radius 3 is 2.92 bits per heavy atom. The Labute approximate surface area is 70.3 Å². The van der Waals surface area contributed by atoms with Crippen molar-refractivity contribution >= 4 is 5.91 Å². The van der Waals surface area contributed by atoms with Crippen LogP contribution in [-0.2, 0) is 0 Å². The van der Waals surface area contributed by atoms with Gasteiger partial charge in [-0.3, -0.25) is 10.2 Å². The first-order valence-electron chi connectivity index (χ1n) is 3.43. The normalized spacial score (nSPS) is 9.17. The molecule has 0 saturated heterocycles. The summed E-state index contributed by atoms with van der Waals surface area (Å²) in [5.41, 5.74) is 2.52. The number of benzene rings is 1. The van der Waals surface area contributed by atoms with Gasteiger partial charge in [0.15, 0.2) is 0 Å². The third-order valence-corrected chi connectivity index (χ3v) is 1.46. The fourth-order valence-electron chi connectivity index (χ4n) is 0.848. The quantitative estimate of drug-likeness (QED) is 0.376. The SMILES string of the molecule is COc1cccc([11C](=O)NN)c1. The minimum atomic E-state index is -0.325. The summed E-state index contributed by atoms with van der Waals surface area (Å²) in [7, 11) is 1.54. The van der Waals surface area contributed by atoms with E-state index in [-0.39, 0.29) is 5.91 Å². The lowest BCUT2D eigenvalue weighted by atomic mass is 9.90. The van der Waals surface area contributed by atoms with Gasteiger partial charge < -0.3 is 4.74 Å². The average molecular weight is 165 g/mol. The van der Waals surface area contributed by atoms with Gasteiger partial charge in [-0.1, -0.05) is 6.07 Å². The number of methoxy groups -OCH3 is 1. The minimum absolute atomic E-state index is 0.325. The lowest BCUT2D eigenvalue weighted by Crippen LogP contribution is -2.29. The van der Waals surface area contributed by atoms with Crippen LogP contribution in [-0.4, -0.2) is 13.0 Å². The van der Waals surface area contributed by atoms with Gasteiger partial charge in [0.25, 0.3) is 5.91 Å². The number of nitrogens with one attached hydrogen (secondary N) is 1. The first-order valence-corrected chi connectivity index (χ1v) is 3.43. The van der Waals surface area contributed by atoms with Gasteiger partial charge in [0.05, 0.1) is 7.11 Å². The molecule has 4 heteroatoms. The predicted octanol–water partition coefficient (Wildman–Crippen LogP) is 0.299. The van der Waals surface area contributed by atoms with Crippen molar-refractivity contribution < 1.29 is 9.53 Å². The van der Waals surface area contributed by atoms with Crippen LogP contribution in [0.2, 0.25) is 0 Å². The molecule has 0 fully saturated rings. The zero-order valence-corrected chi connectivity index (χ0v) is 6.70. The smallest absolute Gasteiger partial charge is 0.265 e. The second-order valence-electron chi connectivity index (χ2n) is 2.21. The molecule has 0 aliphatic carbocycles. The highest BCUT2D eigenvalue weighted by Gasteiger charge is 2.02. The van der Waals surface area contributed by atoms with Crippen molar-refractivity contribution in [2.45, 2.75) is 0 Å². The molecule has 12 heavy (non-hydrogen) atoms. The molecule has 1 aromatic rings. The Kier molecular flexibility index (Phi) is 2.66. The molecule has 64 valence electrons. The molecule has 1 rings (SSSR count). The molecule has 0 bridgehead atoms. The summed E-state index contributed by atoms with van der Waals surface area (Å²) in [6.07, 6.45) is 0. The Hall–Kier alpha value is -1.55. The van der Waals surface area contributed by atoms with Crippen LogP contribution in [0.4, 0.5) is 0 Å². The molecule has 0 aromatic heterocycles. The van der Waals surface area contributed by atoms with Crippen molar-refractivity contribution in [3.8, 4) is 5.75 Å². The number of carbonyl (C=O) groups is 1. The highest BCUT2D eigenvalue weighted by atomic mass is 16.5. The summed E-state index contributed by atoms with van der Waals surface area (Å²) in [5, 5.41) is 0. The monoisotopic (exact) mass is 165 g/mol. The lowest BCUT2D eigenvalue weighted by molar-refractivity contribution is 0.0953. The van der Waals surface area contributed by atoms with Crippen molar-refractivity contribution in [2.75, 3.05) is 7.11 Å². The maximum atomic E-state index is 11.0. The van der Waals surface area contributed by atoms with Gasteiger partial charge in [0.2, 0.25) is 0 Å². The van der Waals surface area contributed by atoms with E-state index in [2.05, 4.69) is 0 Å². The van der Waals surface area contributed by atoms with E-state index < -0.39 is 0 Å².